The van der Waals surface area contributed by atoms with Gasteiger partial charge >= 0.3 is 0 Å². The third-order valence-corrected chi connectivity index (χ3v) is 4.54. The van der Waals surface area contributed by atoms with E-state index in [9.17, 15) is 20.4 Å². The van der Waals surface area contributed by atoms with Crippen LogP contribution >= 0.6 is 22.6 Å². The number of phenolic OH excluding ortho intramolecular Hbond substituents is 1. The highest BCUT2D eigenvalue weighted by Crippen LogP contribution is 2.35. The summed E-state index contributed by atoms with van der Waals surface area (Å²) in [6.07, 6.45) is 0.989. The predicted molar refractivity (Wildman–Crippen MR) is 101 cm³/mol. The molecule has 0 unspecified atom stereocenters. The highest BCUT2D eigenvalue weighted by Gasteiger charge is 2.14. The van der Waals surface area contributed by atoms with E-state index in [1.165, 1.54) is 7.11 Å². The number of phenols is 1. The fourth-order valence-electron chi connectivity index (χ4n) is 2.05. The zero-order valence-corrected chi connectivity index (χ0v) is 16.3. The molecule has 1 aromatic rings. The van der Waals surface area contributed by atoms with Crippen LogP contribution in [0.15, 0.2) is 29.5 Å². The number of aliphatic hydroxyl groups excluding tert-OH is 3. The van der Waals surface area contributed by atoms with E-state index in [4.69, 9.17) is 4.74 Å². The molecular weight excluding hydrogens is 423 g/mol. The highest BCUT2D eigenvalue weighted by atomic mass is 127. The Bertz CT molecular complexity index is 606. The SMILES string of the molecule is COc1cc([C@H](O)CC=C=C(CO)C[C@@H](O)C(C)C)cc(I)c1O. The topological polar surface area (TPSA) is 90.2 Å². The standard InChI is InChI=1S/C18H25IO5/c1-11(2)16(22)7-12(10-20)5-4-6-15(21)13-8-14(19)18(23)17(9-13)24-3/h4,8-9,11,15-16,20-23H,6-7,10H2,1-3H3/t5?,15-,16-/m1/s1. The Morgan fingerprint density at radius 3 is 2.54 bits per heavy atom. The quantitative estimate of drug-likeness (QED) is 0.363. The van der Waals surface area contributed by atoms with Gasteiger partial charge in [-0.1, -0.05) is 13.8 Å². The Kier molecular flexibility index (Phi) is 8.80. The van der Waals surface area contributed by atoms with E-state index in [1.54, 1.807) is 18.2 Å². The first kappa shape index (κ1) is 21.0. The number of benzene rings is 1. The lowest BCUT2D eigenvalue weighted by Gasteiger charge is -2.14. The molecule has 0 saturated heterocycles. The van der Waals surface area contributed by atoms with E-state index in [0.717, 1.165) is 0 Å². The normalized spacial score (nSPS) is 13.3. The number of aromatic hydroxyl groups is 1. The largest absolute Gasteiger partial charge is 0.504 e. The molecule has 0 radical (unpaired) electrons. The third-order valence-electron chi connectivity index (χ3n) is 3.72. The van der Waals surface area contributed by atoms with E-state index in [1.807, 2.05) is 36.4 Å². The second-order valence-electron chi connectivity index (χ2n) is 5.93. The summed E-state index contributed by atoms with van der Waals surface area (Å²) in [5.41, 5.74) is 4.17. The van der Waals surface area contributed by atoms with Crippen molar-refractivity contribution in [3.05, 3.63) is 38.6 Å². The number of methoxy groups -OCH3 is 1. The van der Waals surface area contributed by atoms with Crippen molar-refractivity contribution in [1.29, 1.82) is 0 Å². The van der Waals surface area contributed by atoms with Gasteiger partial charge in [-0.3, -0.25) is 0 Å². The van der Waals surface area contributed by atoms with Crippen LogP contribution in [0.4, 0.5) is 0 Å². The smallest absolute Gasteiger partial charge is 0.171 e. The molecular formula is C18H25IO5. The number of aliphatic hydroxyl groups is 3. The van der Waals surface area contributed by atoms with Crippen molar-refractivity contribution in [2.75, 3.05) is 13.7 Å². The molecule has 0 saturated carbocycles. The molecule has 2 atom stereocenters. The molecule has 0 amide bonds. The van der Waals surface area contributed by atoms with Crippen molar-refractivity contribution >= 4 is 22.6 Å². The lowest BCUT2D eigenvalue weighted by molar-refractivity contribution is 0.122. The Morgan fingerprint density at radius 1 is 1.33 bits per heavy atom. The molecule has 134 valence electrons. The molecule has 5 nitrogen and oxygen atoms in total. The van der Waals surface area contributed by atoms with Crippen LogP contribution in [0.25, 0.3) is 0 Å². The molecule has 4 N–H and O–H groups in total. The molecule has 0 fully saturated rings. The Balaban J connectivity index is 2.85. The van der Waals surface area contributed by atoms with Crippen molar-refractivity contribution in [2.24, 2.45) is 5.92 Å². The zero-order valence-electron chi connectivity index (χ0n) is 14.2. The molecule has 0 aliphatic carbocycles. The van der Waals surface area contributed by atoms with Gasteiger partial charge < -0.3 is 25.2 Å². The monoisotopic (exact) mass is 448 g/mol. The van der Waals surface area contributed by atoms with Crippen molar-refractivity contribution in [3.63, 3.8) is 0 Å². The zero-order chi connectivity index (χ0) is 18.3. The molecule has 0 aliphatic heterocycles. The van der Waals surface area contributed by atoms with E-state index in [0.29, 0.717) is 33.3 Å². The summed E-state index contributed by atoms with van der Waals surface area (Å²) in [7, 11) is 1.46. The Morgan fingerprint density at radius 2 is 2.00 bits per heavy atom. The van der Waals surface area contributed by atoms with Gasteiger partial charge in [-0.05, 0) is 57.9 Å². The van der Waals surface area contributed by atoms with E-state index < -0.39 is 12.2 Å². The van der Waals surface area contributed by atoms with Gasteiger partial charge in [-0.15, -0.1) is 5.73 Å². The van der Waals surface area contributed by atoms with Crippen molar-refractivity contribution in [1.82, 2.24) is 0 Å². The lowest BCUT2D eigenvalue weighted by atomic mass is 10.00. The fraction of sp³-hybridized carbons (Fsp3) is 0.500. The third kappa shape index (κ3) is 6.11. The number of ether oxygens (including phenoxy) is 1. The molecule has 1 aromatic carbocycles. The van der Waals surface area contributed by atoms with Crippen LogP contribution in [0, 0.1) is 9.49 Å². The maximum Gasteiger partial charge on any atom is 0.171 e. The molecule has 1 rings (SSSR count). The van der Waals surface area contributed by atoms with Crippen LogP contribution in [-0.2, 0) is 0 Å². The number of rotatable bonds is 8. The minimum Gasteiger partial charge on any atom is -0.504 e. The van der Waals surface area contributed by atoms with Gasteiger partial charge in [0.05, 0.1) is 29.5 Å². The van der Waals surface area contributed by atoms with Crippen LogP contribution in [0.1, 0.15) is 38.4 Å². The van der Waals surface area contributed by atoms with Gasteiger partial charge in [0.25, 0.3) is 0 Å². The van der Waals surface area contributed by atoms with Gasteiger partial charge in [0.2, 0.25) is 0 Å². The summed E-state index contributed by atoms with van der Waals surface area (Å²) >= 11 is 1.97. The lowest BCUT2D eigenvalue weighted by Crippen LogP contribution is -2.16. The molecule has 0 heterocycles. The summed E-state index contributed by atoms with van der Waals surface area (Å²) in [5.74, 6) is 0.465. The van der Waals surface area contributed by atoms with Crippen LogP contribution in [0.5, 0.6) is 11.5 Å². The maximum atomic E-state index is 10.3. The van der Waals surface area contributed by atoms with Gasteiger partial charge in [0, 0.05) is 12.8 Å². The summed E-state index contributed by atoms with van der Waals surface area (Å²) in [6, 6.07) is 3.28. The van der Waals surface area contributed by atoms with Crippen LogP contribution in [0.2, 0.25) is 0 Å². The van der Waals surface area contributed by atoms with Gasteiger partial charge in [0.15, 0.2) is 11.5 Å². The minimum absolute atomic E-state index is 0.0507. The first-order valence-electron chi connectivity index (χ1n) is 7.76. The van der Waals surface area contributed by atoms with Gasteiger partial charge in [-0.2, -0.15) is 0 Å². The van der Waals surface area contributed by atoms with E-state index >= 15 is 0 Å². The second-order valence-corrected chi connectivity index (χ2v) is 7.09. The van der Waals surface area contributed by atoms with Gasteiger partial charge in [-0.25, -0.2) is 0 Å². The molecule has 24 heavy (non-hydrogen) atoms. The number of hydrogen-bond acceptors (Lipinski definition) is 5. The number of halogens is 1. The van der Waals surface area contributed by atoms with Gasteiger partial charge in [0.1, 0.15) is 0 Å². The average Bonchev–Trinajstić information content (AvgIpc) is 2.55. The van der Waals surface area contributed by atoms with Crippen molar-refractivity contribution in [2.45, 2.75) is 38.9 Å². The summed E-state index contributed by atoms with van der Waals surface area (Å²) in [6.45, 7) is 3.64. The van der Waals surface area contributed by atoms with Crippen molar-refractivity contribution < 1.29 is 25.2 Å². The Hall–Kier alpha value is -1.05. The summed E-state index contributed by atoms with van der Waals surface area (Å²) in [4.78, 5) is 0. The fourth-order valence-corrected chi connectivity index (χ4v) is 2.68. The first-order valence-corrected chi connectivity index (χ1v) is 8.84. The summed E-state index contributed by atoms with van der Waals surface area (Å²) < 4.78 is 5.68. The maximum absolute atomic E-state index is 10.3. The molecule has 0 aromatic heterocycles. The molecule has 0 bridgehead atoms. The predicted octanol–water partition coefficient (Wildman–Crippen LogP) is 2.91. The van der Waals surface area contributed by atoms with Crippen LogP contribution < -0.4 is 4.74 Å². The summed E-state index contributed by atoms with van der Waals surface area (Å²) in [5, 5.41) is 39.3. The Labute approximate surface area is 156 Å². The molecule has 6 heteroatoms. The second kappa shape index (κ2) is 10.1. The van der Waals surface area contributed by atoms with E-state index in [-0.39, 0.29) is 18.3 Å². The molecule has 0 spiro atoms. The van der Waals surface area contributed by atoms with E-state index in [2.05, 4.69) is 5.73 Å². The average molecular weight is 448 g/mol. The minimum atomic E-state index is -0.782. The van der Waals surface area contributed by atoms with Crippen LogP contribution in [-0.4, -0.2) is 40.2 Å². The highest BCUT2D eigenvalue weighted by molar-refractivity contribution is 14.1. The first-order chi connectivity index (χ1) is 11.3. The number of hydrogen-bond donors (Lipinski definition) is 4. The molecule has 0 aliphatic rings. The van der Waals surface area contributed by atoms with Crippen LogP contribution in [0.3, 0.4) is 0 Å². The van der Waals surface area contributed by atoms with Crippen molar-refractivity contribution in [3.8, 4) is 11.5 Å².